The highest BCUT2D eigenvalue weighted by Gasteiger charge is 2.52. The smallest absolute Gasteiger partial charge is 0.332 e. The third-order valence-electron chi connectivity index (χ3n) is 4.31. The number of imide groups is 1. The van der Waals surface area contributed by atoms with Gasteiger partial charge >= 0.3 is 6.03 Å². The van der Waals surface area contributed by atoms with Crippen molar-refractivity contribution >= 4 is 29.2 Å². The lowest BCUT2D eigenvalue weighted by atomic mass is 10.0. The average Bonchev–Trinajstić information content (AvgIpc) is 2.96. The first-order valence-corrected chi connectivity index (χ1v) is 7.28. The van der Waals surface area contributed by atoms with Crippen LogP contribution in [0.15, 0.2) is 6.07 Å². The molecule has 1 aromatic carbocycles. The maximum atomic E-state index is 12.5. The van der Waals surface area contributed by atoms with Crippen molar-refractivity contribution in [2.24, 2.45) is 0 Å². The molecule has 2 atom stereocenters. The van der Waals surface area contributed by atoms with Gasteiger partial charge in [-0.15, -0.1) is 0 Å². The number of carbonyl (C=O) groups excluding carboxylic acids is 2. The molecule has 7 heteroatoms. The number of urea groups is 1. The molecule has 0 bridgehead atoms. The predicted molar refractivity (Wildman–Crippen MR) is 79.6 cm³/mol. The highest BCUT2D eigenvalue weighted by atomic mass is 35.5. The van der Waals surface area contributed by atoms with Crippen molar-refractivity contribution in [3.05, 3.63) is 27.8 Å². The number of nitriles is 1. The molecule has 2 saturated heterocycles. The highest BCUT2D eigenvalue weighted by molar-refractivity contribution is 6.33. The van der Waals surface area contributed by atoms with Gasteiger partial charge in [0.25, 0.3) is 5.91 Å². The Morgan fingerprint density at radius 1 is 1.41 bits per heavy atom. The van der Waals surface area contributed by atoms with Gasteiger partial charge in [0.15, 0.2) is 0 Å². The summed E-state index contributed by atoms with van der Waals surface area (Å²) in [6.07, 6.45) is -0.431. The molecule has 3 rings (SSSR count). The van der Waals surface area contributed by atoms with Gasteiger partial charge in [-0.2, -0.15) is 5.26 Å². The third-order valence-corrected chi connectivity index (χ3v) is 4.78. The van der Waals surface area contributed by atoms with E-state index in [1.807, 2.05) is 6.07 Å². The molecule has 6 nitrogen and oxygen atoms in total. The van der Waals surface area contributed by atoms with Gasteiger partial charge in [-0.25, -0.2) is 9.69 Å². The van der Waals surface area contributed by atoms with Crippen LogP contribution in [0.2, 0.25) is 5.02 Å². The summed E-state index contributed by atoms with van der Waals surface area (Å²) < 4.78 is 0. The zero-order valence-corrected chi connectivity index (χ0v) is 12.9. The first-order valence-electron chi connectivity index (χ1n) is 6.91. The van der Waals surface area contributed by atoms with E-state index in [2.05, 4.69) is 0 Å². The molecule has 0 aromatic heterocycles. The molecule has 0 radical (unpaired) electrons. The van der Waals surface area contributed by atoms with Crippen LogP contribution < -0.4 is 4.90 Å². The molecule has 114 valence electrons. The summed E-state index contributed by atoms with van der Waals surface area (Å²) in [5.74, 6) is -0.446. The molecule has 1 N–H and O–H groups in total. The van der Waals surface area contributed by atoms with Crippen LogP contribution in [-0.2, 0) is 4.79 Å². The molecule has 0 aliphatic carbocycles. The fraction of sp³-hybridized carbons (Fsp3) is 0.400. The topological polar surface area (TPSA) is 84.6 Å². The monoisotopic (exact) mass is 319 g/mol. The molecular formula is C15H14ClN3O3. The van der Waals surface area contributed by atoms with Gasteiger partial charge in [0.2, 0.25) is 0 Å². The zero-order valence-electron chi connectivity index (χ0n) is 12.1. The summed E-state index contributed by atoms with van der Waals surface area (Å²) in [5.41, 5.74) is 1.81. The summed E-state index contributed by atoms with van der Waals surface area (Å²) in [6.45, 7) is 3.72. The van der Waals surface area contributed by atoms with Gasteiger partial charge in [-0.1, -0.05) is 11.6 Å². The number of hydrogen-bond donors (Lipinski definition) is 1. The Balaban J connectivity index is 2.12. The number of aryl methyl sites for hydroxylation is 1. The number of rotatable bonds is 1. The lowest BCUT2D eigenvalue weighted by molar-refractivity contribution is -0.121. The van der Waals surface area contributed by atoms with E-state index in [0.717, 1.165) is 4.90 Å². The molecule has 2 aliphatic rings. The quantitative estimate of drug-likeness (QED) is 0.799. The molecule has 2 heterocycles. The second-order valence-electron chi connectivity index (χ2n) is 5.59. The fourth-order valence-electron chi connectivity index (χ4n) is 3.09. The SMILES string of the molecule is Cc1cc(N2C(=O)[C@@H]3C(O)CCN3C2=O)c(C)c(Cl)c1C#N. The number of hydrogen-bond acceptors (Lipinski definition) is 4. The molecule has 2 aliphatic heterocycles. The number of fused-ring (bicyclic) bond motifs is 1. The number of halogens is 1. The van der Waals surface area contributed by atoms with Crippen molar-refractivity contribution in [2.45, 2.75) is 32.4 Å². The summed E-state index contributed by atoms with van der Waals surface area (Å²) in [7, 11) is 0. The van der Waals surface area contributed by atoms with Gasteiger partial charge in [0, 0.05) is 6.54 Å². The van der Waals surface area contributed by atoms with E-state index in [0.29, 0.717) is 35.3 Å². The standard InChI is InChI=1S/C15H14ClN3O3/c1-7-5-10(8(2)12(16)9(7)6-17)19-14(21)13-11(20)3-4-18(13)15(19)22/h5,11,13,20H,3-4H2,1-2H3/t11?,13-/m0/s1. The normalized spacial score (nSPS) is 24.0. The van der Waals surface area contributed by atoms with Crippen molar-refractivity contribution < 1.29 is 14.7 Å². The van der Waals surface area contributed by atoms with Gasteiger partial charge < -0.3 is 10.0 Å². The molecule has 0 saturated carbocycles. The molecule has 2 fully saturated rings. The van der Waals surface area contributed by atoms with Crippen molar-refractivity contribution in [3.63, 3.8) is 0 Å². The maximum absolute atomic E-state index is 12.5. The van der Waals surface area contributed by atoms with Crippen molar-refractivity contribution in [1.29, 1.82) is 5.26 Å². The van der Waals surface area contributed by atoms with E-state index in [1.165, 1.54) is 4.90 Å². The van der Waals surface area contributed by atoms with E-state index in [4.69, 9.17) is 16.9 Å². The minimum Gasteiger partial charge on any atom is -0.390 e. The summed E-state index contributed by atoms with van der Waals surface area (Å²) in [4.78, 5) is 27.5. The van der Waals surface area contributed by atoms with E-state index in [9.17, 15) is 14.7 Å². The lowest BCUT2D eigenvalue weighted by Gasteiger charge is -2.20. The minimum absolute atomic E-state index is 0.241. The van der Waals surface area contributed by atoms with E-state index < -0.39 is 24.1 Å². The maximum Gasteiger partial charge on any atom is 0.332 e. The van der Waals surface area contributed by atoms with Crippen LogP contribution in [-0.4, -0.2) is 40.6 Å². The van der Waals surface area contributed by atoms with Crippen molar-refractivity contribution in [2.75, 3.05) is 11.4 Å². The van der Waals surface area contributed by atoms with E-state index >= 15 is 0 Å². The molecule has 3 amide bonds. The van der Waals surface area contributed by atoms with Crippen LogP contribution in [0.4, 0.5) is 10.5 Å². The Kier molecular flexibility index (Phi) is 3.35. The average molecular weight is 320 g/mol. The number of amides is 3. The first kappa shape index (κ1) is 14.8. The van der Waals surface area contributed by atoms with Crippen LogP contribution >= 0.6 is 11.6 Å². The Hall–Kier alpha value is -2.10. The van der Waals surface area contributed by atoms with Crippen molar-refractivity contribution in [3.8, 4) is 6.07 Å². The number of benzene rings is 1. The summed E-state index contributed by atoms with van der Waals surface area (Å²) >= 11 is 6.19. The highest BCUT2D eigenvalue weighted by Crippen LogP contribution is 2.37. The number of aliphatic hydroxyl groups is 1. The number of nitrogens with zero attached hydrogens (tertiary/aromatic N) is 3. The van der Waals surface area contributed by atoms with E-state index in [1.54, 1.807) is 19.9 Å². The molecule has 1 aromatic rings. The Morgan fingerprint density at radius 2 is 2.09 bits per heavy atom. The Bertz CT molecular complexity index is 741. The van der Waals surface area contributed by atoms with Crippen LogP contribution in [0.3, 0.4) is 0 Å². The molecular weight excluding hydrogens is 306 g/mol. The third kappa shape index (κ3) is 1.83. The number of aliphatic hydroxyl groups excluding tert-OH is 1. The van der Waals surface area contributed by atoms with Crippen LogP contribution in [0.5, 0.6) is 0 Å². The zero-order chi connectivity index (χ0) is 16.2. The van der Waals surface area contributed by atoms with Crippen LogP contribution in [0, 0.1) is 25.2 Å². The largest absolute Gasteiger partial charge is 0.390 e. The first-order chi connectivity index (χ1) is 10.4. The van der Waals surface area contributed by atoms with Gasteiger partial charge in [-0.05, 0) is 37.5 Å². The van der Waals surface area contributed by atoms with Gasteiger partial charge in [-0.3, -0.25) is 4.79 Å². The molecule has 0 spiro atoms. The van der Waals surface area contributed by atoms with Gasteiger partial charge in [0.1, 0.15) is 12.1 Å². The Morgan fingerprint density at radius 3 is 2.68 bits per heavy atom. The van der Waals surface area contributed by atoms with Crippen LogP contribution in [0.1, 0.15) is 23.1 Å². The Labute approximate surface area is 132 Å². The number of carbonyl (C=O) groups is 2. The predicted octanol–water partition coefficient (Wildman–Crippen LogP) is 1.73. The second kappa shape index (κ2) is 4.97. The fourth-order valence-corrected chi connectivity index (χ4v) is 3.38. The van der Waals surface area contributed by atoms with Crippen LogP contribution in [0.25, 0.3) is 0 Å². The minimum atomic E-state index is -0.836. The van der Waals surface area contributed by atoms with E-state index in [-0.39, 0.29) is 5.02 Å². The second-order valence-corrected chi connectivity index (χ2v) is 5.97. The van der Waals surface area contributed by atoms with Crippen molar-refractivity contribution in [1.82, 2.24) is 4.90 Å². The summed E-state index contributed by atoms with van der Waals surface area (Å²) in [5, 5.41) is 19.3. The molecule has 22 heavy (non-hydrogen) atoms. The van der Waals surface area contributed by atoms with Gasteiger partial charge in [0.05, 0.1) is 22.4 Å². The summed E-state index contributed by atoms with van der Waals surface area (Å²) in [6, 6.07) is 2.37. The lowest BCUT2D eigenvalue weighted by Crippen LogP contribution is -2.36. The molecule has 1 unspecified atom stereocenters. The number of anilines is 1.